The average molecular weight is 432 g/mol. The molecule has 1 atom stereocenters. The summed E-state index contributed by atoms with van der Waals surface area (Å²) in [6.45, 7) is 1.57. The predicted molar refractivity (Wildman–Crippen MR) is 99.7 cm³/mol. The summed E-state index contributed by atoms with van der Waals surface area (Å²) >= 11 is 4.04. The molecule has 0 N–H and O–H groups in total. The molecular formula is C20H17BrOSe. The van der Waals surface area contributed by atoms with E-state index in [4.69, 9.17) is 4.74 Å². The third kappa shape index (κ3) is 2.66. The van der Waals surface area contributed by atoms with Crippen LogP contribution in [0, 0.1) is 0 Å². The Hall–Kier alpha value is -1.12. The number of hydrogen-bond acceptors (Lipinski definition) is 1. The first-order chi connectivity index (χ1) is 11.3. The van der Waals surface area contributed by atoms with Crippen LogP contribution in [0.3, 0.4) is 0 Å². The zero-order chi connectivity index (χ0) is 15.8. The molecular weight excluding hydrogens is 415 g/mol. The predicted octanol–water partition coefficient (Wildman–Crippen LogP) is 5.04. The average Bonchev–Trinajstić information content (AvgIpc) is 2.58. The summed E-state index contributed by atoms with van der Waals surface area (Å²) in [5, 5.41) is 0. The van der Waals surface area contributed by atoms with Crippen molar-refractivity contribution in [3.8, 4) is 0 Å². The standard InChI is InChI=1S/C20H17BrOSe/c1-23-17-12-22-11-16-18(13-5-3-2-4-6-13)19(20(16)17)14-7-9-15(21)10-8-14/h2-10,19H,11-12H2,1H3. The fourth-order valence-corrected chi connectivity index (χ4v) is 5.14. The van der Waals surface area contributed by atoms with Gasteiger partial charge in [0.05, 0.1) is 0 Å². The van der Waals surface area contributed by atoms with Gasteiger partial charge in [0.15, 0.2) is 0 Å². The summed E-state index contributed by atoms with van der Waals surface area (Å²) in [5.74, 6) is 2.70. The molecule has 2 aromatic rings. The summed E-state index contributed by atoms with van der Waals surface area (Å²) in [6, 6.07) is 19.5. The molecule has 0 fully saturated rings. The Morgan fingerprint density at radius 2 is 1.70 bits per heavy atom. The molecule has 0 spiro atoms. The van der Waals surface area contributed by atoms with Crippen LogP contribution in [0.5, 0.6) is 0 Å². The minimum atomic E-state index is 0.404. The van der Waals surface area contributed by atoms with Crippen molar-refractivity contribution in [2.75, 3.05) is 13.2 Å². The number of fused-ring (bicyclic) bond motifs is 1. The summed E-state index contributed by atoms with van der Waals surface area (Å²) in [4.78, 5) is 0. The molecule has 0 bridgehead atoms. The van der Waals surface area contributed by atoms with Crippen molar-refractivity contribution in [3.05, 3.63) is 85.8 Å². The minimum absolute atomic E-state index is 0.404. The van der Waals surface area contributed by atoms with Gasteiger partial charge in [-0.25, -0.2) is 0 Å². The molecule has 2 aromatic carbocycles. The van der Waals surface area contributed by atoms with Crippen LogP contribution in [0.2, 0.25) is 5.82 Å². The van der Waals surface area contributed by atoms with Gasteiger partial charge >= 0.3 is 152 Å². The summed E-state index contributed by atoms with van der Waals surface area (Å²) in [7, 11) is 0. The summed E-state index contributed by atoms with van der Waals surface area (Å²) < 4.78 is 8.51. The van der Waals surface area contributed by atoms with Crippen molar-refractivity contribution >= 4 is 36.5 Å². The van der Waals surface area contributed by atoms with Crippen molar-refractivity contribution in [3.63, 3.8) is 0 Å². The van der Waals surface area contributed by atoms with Gasteiger partial charge in [-0.3, -0.25) is 0 Å². The van der Waals surface area contributed by atoms with E-state index >= 15 is 0 Å². The van der Waals surface area contributed by atoms with Crippen LogP contribution in [0.15, 0.2) is 74.7 Å². The van der Waals surface area contributed by atoms with Gasteiger partial charge in [-0.1, -0.05) is 0 Å². The maximum absolute atomic E-state index is 5.85. The molecule has 1 nitrogen and oxygen atoms in total. The van der Waals surface area contributed by atoms with Crippen LogP contribution in [0.1, 0.15) is 17.0 Å². The van der Waals surface area contributed by atoms with E-state index < -0.39 is 0 Å². The maximum atomic E-state index is 5.85. The second-order valence-electron chi connectivity index (χ2n) is 5.78. The number of benzene rings is 2. The fourth-order valence-electron chi connectivity index (χ4n) is 3.48. The number of ether oxygens (including phenoxy) is 1. The molecule has 1 aliphatic heterocycles. The van der Waals surface area contributed by atoms with Gasteiger partial charge in [0.25, 0.3) is 0 Å². The molecule has 23 heavy (non-hydrogen) atoms. The molecule has 3 heteroatoms. The quantitative estimate of drug-likeness (QED) is 0.618. The van der Waals surface area contributed by atoms with Crippen molar-refractivity contribution in [2.45, 2.75) is 11.7 Å². The van der Waals surface area contributed by atoms with E-state index in [1.165, 1.54) is 26.7 Å². The molecule has 0 aromatic heterocycles. The van der Waals surface area contributed by atoms with Crippen molar-refractivity contribution in [1.29, 1.82) is 0 Å². The zero-order valence-corrected chi connectivity index (χ0v) is 16.2. The van der Waals surface area contributed by atoms with E-state index in [2.05, 4.69) is 76.3 Å². The van der Waals surface area contributed by atoms with E-state index in [1.54, 1.807) is 5.57 Å². The van der Waals surface area contributed by atoms with Crippen LogP contribution in [0.25, 0.3) is 5.57 Å². The fraction of sp³-hybridized carbons (Fsp3) is 0.200. The van der Waals surface area contributed by atoms with Crippen LogP contribution >= 0.6 is 15.9 Å². The van der Waals surface area contributed by atoms with Crippen LogP contribution in [-0.2, 0) is 4.74 Å². The number of halogens is 1. The first-order valence-corrected chi connectivity index (χ1v) is 11.0. The van der Waals surface area contributed by atoms with Crippen LogP contribution in [0.4, 0.5) is 0 Å². The van der Waals surface area contributed by atoms with Crippen molar-refractivity contribution in [1.82, 2.24) is 0 Å². The van der Waals surface area contributed by atoms with Gasteiger partial charge < -0.3 is 0 Å². The second-order valence-corrected chi connectivity index (χ2v) is 8.58. The first kappa shape index (κ1) is 15.4. The molecule has 1 unspecified atom stereocenters. The molecule has 0 saturated heterocycles. The number of hydrogen-bond donors (Lipinski definition) is 0. The van der Waals surface area contributed by atoms with Gasteiger partial charge in [0.2, 0.25) is 0 Å². The Morgan fingerprint density at radius 3 is 2.39 bits per heavy atom. The summed E-state index contributed by atoms with van der Waals surface area (Å²) in [6.07, 6.45) is 0. The van der Waals surface area contributed by atoms with Crippen LogP contribution in [-0.4, -0.2) is 28.2 Å². The van der Waals surface area contributed by atoms with Crippen LogP contribution < -0.4 is 0 Å². The van der Waals surface area contributed by atoms with Gasteiger partial charge in [-0.15, -0.1) is 0 Å². The summed E-state index contributed by atoms with van der Waals surface area (Å²) in [5.41, 5.74) is 7.14. The van der Waals surface area contributed by atoms with Gasteiger partial charge in [-0.05, 0) is 0 Å². The van der Waals surface area contributed by atoms with Crippen molar-refractivity contribution in [2.24, 2.45) is 0 Å². The first-order valence-electron chi connectivity index (χ1n) is 7.68. The zero-order valence-electron chi connectivity index (χ0n) is 12.9. The Balaban J connectivity index is 1.88. The third-order valence-electron chi connectivity index (χ3n) is 4.54. The van der Waals surface area contributed by atoms with Gasteiger partial charge in [-0.2, -0.15) is 0 Å². The van der Waals surface area contributed by atoms with E-state index in [1.807, 2.05) is 0 Å². The number of rotatable bonds is 3. The molecule has 0 saturated carbocycles. The molecule has 0 radical (unpaired) electrons. The monoisotopic (exact) mass is 432 g/mol. The van der Waals surface area contributed by atoms with Gasteiger partial charge in [0, 0.05) is 0 Å². The Bertz CT molecular complexity index is 790. The Labute approximate surface area is 151 Å². The Kier molecular flexibility index (Phi) is 4.29. The van der Waals surface area contributed by atoms with E-state index in [0.29, 0.717) is 20.9 Å². The molecule has 1 heterocycles. The molecule has 0 amide bonds. The SMILES string of the molecule is C[Se]C1=C2C(=C(c3ccccc3)C2c2ccc(Br)cc2)COC1. The molecule has 1 aliphatic carbocycles. The van der Waals surface area contributed by atoms with E-state index in [0.717, 1.165) is 17.7 Å². The van der Waals surface area contributed by atoms with E-state index in [-0.39, 0.29) is 0 Å². The second kappa shape index (κ2) is 6.41. The third-order valence-corrected chi connectivity index (χ3v) is 6.81. The molecule has 2 aliphatic rings. The molecule has 4 rings (SSSR count). The van der Waals surface area contributed by atoms with Gasteiger partial charge in [0.1, 0.15) is 0 Å². The number of allylic oxidation sites excluding steroid dienone is 1. The van der Waals surface area contributed by atoms with Crippen molar-refractivity contribution < 1.29 is 4.74 Å². The normalized spacial score (nSPS) is 20.3. The molecule has 116 valence electrons. The van der Waals surface area contributed by atoms with E-state index in [9.17, 15) is 0 Å². The Morgan fingerprint density at radius 1 is 0.957 bits per heavy atom. The topological polar surface area (TPSA) is 9.23 Å².